The average Bonchev–Trinajstić information content (AvgIpc) is 2.74. The monoisotopic (exact) mass is 387 g/mol. The minimum atomic E-state index is -0.351. The van der Waals surface area contributed by atoms with Crippen LogP contribution in [-0.4, -0.2) is 70.8 Å². The van der Waals surface area contributed by atoms with Gasteiger partial charge in [0.2, 0.25) is 0 Å². The van der Waals surface area contributed by atoms with Crippen molar-refractivity contribution >= 4 is 5.91 Å². The Morgan fingerprint density at radius 3 is 2.68 bits per heavy atom. The quantitative estimate of drug-likeness (QED) is 0.301. The van der Waals surface area contributed by atoms with E-state index in [1.165, 1.54) is 6.20 Å². The Labute approximate surface area is 166 Å². The van der Waals surface area contributed by atoms with E-state index in [9.17, 15) is 10.1 Å². The topological polar surface area (TPSA) is 98.6 Å². The highest BCUT2D eigenvalue weighted by molar-refractivity contribution is 5.97. The van der Waals surface area contributed by atoms with Crippen LogP contribution in [0.3, 0.4) is 0 Å². The van der Waals surface area contributed by atoms with Gasteiger partial charge < -0.3 is 25.4 Å². The number of benzene rings is 1. The lowest BCUT2D eigenvalue weighted by molar-refractivity contribution is -0.117. The first-order valence-corrected chi connectivity index (χ1v) is 9.43. The van der Waals surface area contributed by atoms with Crippen LogP contribution >= 0.6 is 0 Å². The summed E-state index contributed by atoms with van der Waals surface area (Å²) in [6.45, 7) is 5.82. The molecule has 1 aromatic carbocycles. The van der Waals surface area contributed by atoms with E-state index in [1.54, 1.807) is 14.2 Å². The highest BCUT2D eigenvalue weighted by atomic mass is 16.5. The van der Waals surface area contributed by atoms with Crippen LogP contribution in [0, 0.1) is 11.3 Å². The van der Waals surface area contributed by atoms with Gasteiger partial charge in [0.15, 0.2) is 11.5 Å². The highest BCUT2D eigenvalue weighted by Gasteiger charge is 2.11. The fraction of sp³-hybridized carbons (Fsp3) is 0.500. The van der Waals surface area contributed by atoms with Crippen LogP contribution in [0.1, 0.15) is 5.56 Å². The molecule has 0 saturated carbocycles. The number of piperazine rings is 1. The SMILES string of the molecule is COc1ccc(CCN/C=C(/C#N)C(=O)NCCN2CCNCC2)cc1OC. The van der Waals surface area contributed by atoms with Gasteiger partial charge in [-0.15, -0.1) is 0 Å². The van der Waals surface area contributed by atoms with Crippen molar-refractivity contribution in [1.29, 1.82) is 5.26 Å². The number of carbonyl (C=O) groups is 1. The third kappa shape index (κ3) is 6.76. The summed E-state index contributed by atoms with van der Waals surface area (Å²) in [6.07, 6.45) is 2.20. The van der Waals surface area contributed by atoms with E-state index in [0.29, 0.717) is 24.6 Å². The minimum Gasteiger partial charge on any atom is -0.493 e. The van der Waals surface area contributed by atoms with Gasteiger partial charge in [-0.1, -0.05) is 6.07 Å². The van der Waals surface area contributed by atoms with Crippen molar-refractivity contribution in [2.75, 3.05) is 60.0 Å². The first-order chi connectivity index (χ1) is 13.7. The summed E-state index contributed by atoms with van der Waals surface area (Å²) in [6, 6.07) is 7.68. The zero-order valence-electron chi connectivity index (χ0n) is 16.6. The summed E-state index contributed by atoms with van der Waals surface area (Å²) in [5.74, 6) is 1.01. The molecule has 8 nitrogen and oxygen atoms in total. The van der Waals surface area contributed by atoms with Gasteiger partial charge in [-0.2, -0.15) is 5.26 Å². The second kappa shape index (κ2) is 11.8. The van der Waals surface area contributed by atoms with E-state index in [0.717, 1.165) is 44.7 Å². The summed E-state index contributed by atoms with van der Waals surface area (Å²) < 4.78 is 10.5. The molecule has 8 heteroatoms. The second-order valence-electron chi connectivity index (χ2n) is 6.41. The summed E-state index contributed by atoms with van der Waals surface area (Å²) in [7, 11) is 3.20. The summed E-state index contributed by atoms with van der Waals surface area (Å²) >= 11 is 0. The lowest BCUT2D eigenvalue weighted by atomic mass is 10.1. The molecule has 3 N–H and O–H groups in total. The summed E-state index contributed by atoms with van der Waals surface area (Å²) in [4.78, 5) is 14.4. The molecule has 1 fully saturated rings. The molecule has 0 aliphatic carbocycles. The minimum absolute atomic E-state index is 0.0765. The predicted molar refractivity (Wildman–Crippen MR) is 107 cm³/mol. The molecular formula is C20H29N5O3. The van der Waals surface area contributed by atoms with Gasteiger partial charge >= 0.3 is 0 Å². The molecular weight excluding hydrogens is 358 g/mol. The van der Waals surface area contributed by atoms with Crippen LogP contribution in [0.4, 0.5) is 0 Å². The molecule has 0 unspecified atom stereocenters. The number of nitriles is 1. The number of nitrogens with one attached hydrogen (secondary N) is 3. The molecule has 0 radical (unpaired) electrons. The molecule has 152 valence electrons. The Bertz CT molecular complexity index is 708. The third-order valence-corrected chi connectivity index (χ3v) is 4.54. The average molecular weight is 387 g/mol. The number of rotatable bonds is 10. The Morgan fingerprint density at radius 2 is 2.00 bits per heavy atom. The fourth-order valence-electron chi connectivity index (χ4n) is 2.93. The van der Waals surface area contributed by atoms with Gasteiger partial charge in [0.1, 0.15) is 11.6 Å². The molecule has 1 aromatic rings. The van der Waals surface area contributed by atoms with E-state index < -0.39 is 0 Å². The highest BCUT2D eigenvalue weighted by Crippen LogP contribution is 2.27. The summed E-state index contributed by atoms with van der Waals surface area (Å²) in [5.41, 5.74) is 1.14. The maximum atomic E-state index is 12.1. The van der Waals surface area contributed by atoms with Gasteiger partial charge in [0.25, 0.3) is 5.91 Å². The second-order valence-corrected chi connectivity index (χ2v) is 6.41. The molecule has 0 spiro atoms. The number of ether oxygens (including phenoxy) is 2. The molecule has 0 atom stereocenters. The van der Waals surface area contributed by atoms with Gasteiger partial charge in [-0.05, 0) is 24.1 Å². The van der Waals surface area contributed by atoms with Crippen LogP contribution in [0.5, 0.6) is 11.5 Å². The van der Waals surface area contributed by atoms with Crippen molar-refractivity contribution in [3.63, 3.8) is 0 Å². The maximum Gasteiger partial charge on any atom is 0.263 e. The largest absolute Gasteiger partial charge is 0.493 e. The standard InChI is InChI=1S/C20H29N5O3/c1-27-18-4-3-16(13-19(18)28-2)5-6-23-15-17(14-21)20(26)24-9-12-25-10-7-22-8-11-25/h3-4,13,15,22-23H,5-12H2,1-2H3,(H,24,26)/b17-15-. The van der Waals surface area contributed by atoms with E-state index in [1.807, 2.05) is 24.3 Å². The molecule has 1 heterocycles. The van der Waals surface area contributed by atoms with Crippen molar-refractivity contribution in [2.24, 2.45) is 0 Å². The van der Waals surface area contributed by atoms with E-state index in [2.05, 4.69) is 20.9 Å². The number of amides is 1. The number of hydrogen-bond acceptors (Lipinski definition) is 7. The fourth-order valence-corrected chi connectivity index (χ4v) is 2.93. The predicted octanol–water partition coefficient (Wildman–Crippen LogP) is 0.265. The van der Waals surface area contributed by atoms with Crippen LogP contribution in [0.25, 0.3) is 0 Å². The number of carbonyl (C=O) groups excluding carboxylic acids is 1. The van der Waals surface area contributed by atoms with Crippen molar-refractivity contribution in [3.8, 4) is 17.6 Å². The normalized spacial score (nSPS) is 14.8. The Morgan fingerprint density at radius 1 is 1.25 bits per heavy atom. The van der Waals surface area contributed by atoms with Crippen molar-refractivity contribution in [3.05, 3.63) is 35.5 Å². The van der Waals surface area contributed by atoms with Crippen molar-refractivity contribution < 1.29 is 14.3 Å². The van der Waals surface area contributed by atoms with Crippen LogP contribution in [0.2, 0.25) is 0 Å². The van der Waals surface area contributed by atoms with Gasteiger partial charge in [-0.3, -0.25) is 9.69 Å². The smallest absolute Gasteiger partial charge is 0.263 e. The van der Waals surface area contributed by atoms with Crippen LogP contribution in [0.15, 0.2) is 30.0 Å². The van der Waals surface area contributed by atoms with Crippen molar-refractivity contribution in [2.45, 2.75) is 6.42 Å². The molecule has 0 bridgehead atoms. The van der Waals surface area contributed by atoms with Crippen molar-refractivity contribution in [1.82, 2.24) is 20.9 Å². The van der Waals surface area contributed by atoms with E-state index >= 15 is 0 Å². The molecule has 1 aliphatic rings. The first-order valence-electron chi connectivity index (χ1n) is 9.43. The Hall–Kier alpha value is -2.76. The zero-order valence-corrected chi connectivity index (χ0v) is 16.6. The van der Waals surface area contributed by atoms with Crippen LogP contribution in [-0.2, 0) is 11.2 Å². The number of hydrogen-bond donors (Lipinski definition) is 3. The maximum absolute atomic E-state index is 12.1. The zero-order chi connectivity index (χ0) is 20.2. The molecule has 1 aliphatic heterocycles. The summed E-state index contributed by atoms with van der Waals surface area (Å²) in [5, 5.41) is 18.4. The Balaban J connectivity index is 1.74. The number of nitrogens with zero attached hydrogens (tertiary/aromatic N) is 2. The third-order valence-electron chi connectivity index (χ3n) is 4.54. The molecule has 0 aromatic heterocycles. The molecule has 1 saturated heterocycles. The number of methoxy groups -OCH3 is 2. The lowest BCUT2D eigenvalue weighted by Crippen LogP contribution is -2.46. The van der Waals surface area contributed by atoms with Gasteiger partial charge in [-0.25, -0.2) is 0 Å². The molecule has 28 heavy (non-hydrogen) atoms. The van der Waals surface area contributed by atoms with E-state index in [-0.39, 0.29) is 11.5 Å². The van der Waals surface area contributed by atoms with Crippen LogP contribution < -0.4 is 25.4 Å². The molecule has 1 amide bonds. The Kier molecular flexibility index (Phi) is 9.11. The van der Waals surface area contributed by atoms with Gasteiger partial charge in [0.05, 0.1) is 14.2 Å². The molecule has 2 rings (SSSR count). The van der Waals surface area contributed by atoms with Gasteiger partial charge in [0, 0.05) is 52.0 Å². The first kappa shape index (κ1) is 21.5. The lowest BCUT2D eigenvalue weighted by Gasteiger charge is -2.27. The van der Waals surface area contributed by atoms with E-state index in [4.69, 9.17) is 9.47 Å².